The topological polar surface area (TPSA) is 15.3 Å². The summed E-state index contributed by atoms with van der Waals surface area (Å²) in [4.78, 5) is 2.59. The molecule has 0 aromatic heterocycles. The molecular formula is C16H26N2. The Morgan fingerprint density at radius 1 is 1.28 bits per heavy atom. The first-order valence-electron chi connectivity index (χ1n) is 7.16. The highest BCUT2D eigenvalue weighted by molar-refractivity contribution is 5.21. The van der Waals surface area contributed by atoms with Crippen molar-refractivity contribution in [2.24, 2.45) is 5.92 Å². The van der Waals surface area contributed by atoms with Gasteiger partial charge in [-0.05, 0) is 37.9 Å². The number of hydrogen-bond acceptors (Lipinski definition) is 2. The molecule has 2 heteroatoms. The van der Waals surface area contributed by atoms with Crippen molar-refractivity contribution in [2.75, 3.05) is 19.6 Å². The molecule has 0 aliphatic carbocycles. The van der Waals surface area contributed by atoms with Crippen LogP contribution in [0.1, 0.15) is 31.4 Å². The minimum Gasteiger partial charge on any atom is -0.312 e. The Morgan fingerprint density at radius 2 is 2.00 bits per heavy atom. The fourth-order valence-corrected chi connectivity index (χ4v) is 2.57. The summed E-state index contributed by atoms with van der Waals surface area (Å²) in [7, 11) is 0. The van der Waals surface area contributed by atoms with Crippen LogP contribution in [0.3, 0.4) is 0 Å². The number of rotatable bonds is 3. The number of nitrogens with zero attached hydrogens (tertiary/aromatic N) is 1. The smallest absolute Gasteiger partial charge is 0.0234 e. The summed E-state index contributed by atoms with van der Waals surface area (Å²) in [5, 5.41) is 3.66. The van der Waals surface area contributed by atoms with Crippen LogP contribution in [0.15, 0.2) is 24.3 Å². The Hall–Kier alpha value is -0.860. The maximum Gasteiger partial charge on any atom is 0.0234 e. The minimum absolute atomic E-state index is 0.637. The third kappa shape index (κ3) is 3.82. The summed E-state index contributed by atoms with van der Waals surface area (Å²) in [6.45, 7) is 11.4. The molecule has 1 unspecified atom stereocenters. The highest BCUT2D eigenvalue weighted by atomic mass is 15.2. The summed E-state index contributed by atoms with van der Waals surface area (Å²) < 4.78 is 0. The van der Waals surface area contributed by atoms with Crippen LogP contribution in [0.2, 0.25) is 0 Å². The van der Waals surface area contributed by atoms with Gasteiger partial charge in [-0.15, -0.1) is 0 Å². The molecule has 1 aliphatic heterocycles. The lowest BCUT2D eigenvalue weighted by Crippen LogP contribution is -2.40. The molecule has 1 heterocycles. The largest absolute Gasteiger partial charge is 0.312 e. The Bertz CT molecular complexity index is 356. The molecule has 0 bridgehead atoms. The van der Waals surface area contributed by atoms with E-state index in [1.807, 2.05) is 0 Å². The molecular weight excluding hydrogens is 220 g/mol. The van der Waals surface area contributed by atoms with E-state index in [0.717, 1.165) is 13.1 Å². The van der Waals surface area contributed by atoms with E-state index in [1.165, 1.54) is 30.6 Å². The van der Waals surface area contributed by atoms with E-state index in [0.29, 0.717) is 12.0 Å². The van der Waals surface area contributed by atoms with Gasteiger partial charge in [-0.25, -0.2) is 0 Å². The lowest BCUT2D eigenvalue weighted by atomic mass is 10.0. The van der Waals surface area contributed by atoms with Gasteiger partial charge >= 0.3 is 0 Å². The van der Waals surface area contributed by atoms with Crippen molar-refractivity contribution in [3.8, 4) is 0 Å². The zero-order valence-electron chi connectivity index (χ0n) is 11.9. The average molecular weight is 246 g/mol. The van der Waals surface area contributed by atoms with Crippen molar-refractivity contribution >= 4 is 0 Å². The van der Waals surface area contributed by atoms with E-state index in [4.69, 9.17) is 0 Å². The van der Waals surface area contributed by atoms with Gasteiger partial charge in [0.05, 0.1) is 0 Å². The van der Waals surface area contributed by atoms with Crippen LogP contribution >= 0.6 is 0 Å². The second-order valence-corrected chi connectivity index (χ2v) is 5.88. The van der Waals surface area contributed by atoms with Gasteiger partial charge in [0.1, 0.15) is 0 Å². The Labute approximate surface area is 111 Å². The molecule has 1 aromatic rings. The molecule has 18 heavy (non-hydrogen) atoms. The van der Waals surface area contributed by atoms with Gasteiger partial charge in [-0.2, -0.15) is 0 Å². The molecule has 0 saturated carbocycles. The Balaban J connectivity index is 1.96. The van der Waals surface area contributed by atoms with E-state index in [-0.39, 0.29) is 0 Å². The minimum atomic E-state index is 0.637. The van der Waals surface area contributed by atoms with Crippen LogP contribution < -0.4 is 5.32 Å². The molecule has 1 atom stereocenters. The van der Waals surface area contributed by atoms with Crippen molar-refractivity contribution < 1.29 is 0 Å². The first kappa shape index (κ1) is 13.6. The molecule has 1 aromatic carbocycles. The predicted molar refractivity (Wildman–Crippen MR) is 77.7 cm³/mol. The maximum atomic E-state index is 3.66. The fourth-order valence-electron chi connectivity index (χ4n) is 2.57. The summed E-state index contributed by atoms with van der Waals surface area (Å²) in [6.07, 6.45) is 1.26. The molecule has 1 N–H and O–H groups in total. The second kappa shape index (κ2) is 6.35. The van der Waals surface area contributed by atoms with Crippen LogP contribution in [0.25, 0.3) is 0 Å². The van der Waals surface area contributed by atoms with Crippen molar-refractivity contribution in [2.45, 2.75) is 39.8 Å². The Morgan fingerprint density at radius 3 is 2.67 bits per heavy atom. The SMILES string of the molecule is Cc1ccc(CN2CCCNC(C(C)C)C2)cc1. The number of benzene rings is 1. The average Bonchev–Trinajstić information content (AvgIpc) is 2.58. The quantitative estimate of drug-likeness (QED) is 0.882. The van der Waals surface area contributed by atoms with E-state index in [1.54, 1.807) is 0 Å². The van der Waals surface area contributed by atoms with Gasteiger partial charge in [0.2, 0.25) is 0 Å². The molecule has 1 aliphatic rings. The molecule has 1 saturated heterocycles. The first-order valence-corrected chi connectivity index (χ1v) is 7.16. The van der Waals surface area contributed by atoms with Gasteiger partial charge in [0.25, 0.3) is 0 Å². The molecule has 0 spiro atoms. The highest BCUT2D eigenvalue weighted by Gasteiger charge is 2.19. The van der Waals surface area contributed by atoms with Gasteiger partial charge in [0, 0.05) is 19.1 Å². The van der Waals surface area contributed by atoms with Crippen LogP contribution in [0.5, 0.6) is 0 Å². The van der Waals surface area contributed by atoms with Crippen molar-refractivity contribution in [3.63, 3.8) is 0 Å². The van der Waals surface area contributed by atoms with Crippen LogP contribution in [-0.2, 0) is 6.54 Å². The summed E-state index contributed by atoms with van der Waals surface area (Å²) in [5.74, 6) is 0.712. The summed E-state index contributed by atoms with van der Waals surface area (Å²) in [6, 6.07) is 9.59. The van der Waals surface area contributed by atoms with Crippen molar-refractivity contribution in [3.05, 3.63) is 35.4 Å². The predicted octanol–water partition coefficient (Wildman–Crippen LogP) is 2.81. The molecule has 0 amide bonds. The maximum absolute atomic E-state index is 3.66. The normalized spacial score (nSPS) is 22.1. The Kier molecular flexibility index (Phi) is 4.79. The van der Waals surface area contributed by atoms with E-state index in [9.17, 15) is 0 Å². The van der Waals surface area contributed by atoms with Crippen molar-refractivity contribution in [1.82, 2.24) is 10.2 Å². The number of aryl methyl sites for hydroxylation is 1. The van der Waals surface area contributed by atoms with E-state index >= 15 is 0 Å². The molecule has 0 radical (unpaired) electrons. The van der Waals surface area contributed by atoms with Crippen LogP contribution in [0, 0.1) is 12.8 Å². The van der Waals surface area contributed by atoms with E-state index < -0.39 is 0 Å². The fraction of sp³-hybridized carbons (Fsp3) is 0.625. The first-order chi connectivity index (χ1) is 8.65. The molecule has 100 valence electrons. The van der Waals surface area contributed by atoms with E-state index in [2.05, 4.69) is 55.3 Å². The number of nitrogens with one attached hydrogen (secondary N) is 1. The van der Waals surface area contributed by atoms with Gasteiger partial charge in [0.15, 0.2) is 0 Å². The van der Waals surface area contributed by atoms with Crippen LogP contribution in [-0.4, -0.2) is 30.6 Å². The zero-order valence-corrected chi connectivity index (χ0v) is 11.9. The lowest BCUT2D eigenvalue weighted by Gasteiger charge is -2.26. The van der Waals surface area contributed by atoms with Crippen LogP contribution in [0.4, 0.5) is 0 Å². The standard InChI is InChI=1S/C16H26N2/c1-13(2)16-12-18(10-4-9-17-16)11-15-7-5-14(3)6-8-15/h5-8,13,16-17H,4,9-12H2,1-3H3. The molecule has 2 nitrogen and oxygen atoms in total. The second-order valence-electron chi connectivity index (χ2n) is 5.88. The zero-order chi connectivity index (χ0) is 13.0. The third-order valence-electron chi connectivity index (χ3n) is 3.84. The lowest BCUT2D eigenvalue weighted by molar-refractivity contribution is 0.238. The molecule has 1 fully saturated rings. The summed E-state index contributed by atoms with van der Waals surface area (Å²) in [5.41, 5.74) is 2.78. The van der Waals surface area contributed by atoms with Gasteiger partial charge in [-0.1, -0.05) is 43.7 Å². The monoisotopic (exact) mass is 246 g/mol. The highest BCUT2D eigenvalue weighted by Crippen LogP contribution is 2.12. The third-order valence-corrected chi connectivity index (χ3v) is 3.84. The number of hydrogen-bond donors (Lipinski definition) is 1. The van der Waals surface area contributed by atoms with Gasteiger partial charge in [-0.3, -0.25) is 4.90 Å². The van der Waals surface area contributed by atoms with Crippen molar-refractivity contribution in [1.29, 1.82) is 0 Å². The van der Waals surface area contributed by atoms with Gasteiger partial charge < -0.3 is 5.32 Å². The summed E-state index contributed by atoms with van der Waals surface area (Å²) >= 11 is 0. The molecule has 2 rings (SSSR count).